The zero-order valence-electron chi connectivity index (χ0n) is 14.7. The molecule has 0 unspecified atom stereocenters. The molecule has 2 aromatic heterocycles. The fraction of sp³-hybridized carbons (Fsp3) is 0.450. The second-order valence-electron chi connectivity index (χ2n) is 6.96. The summed E-state index contributed by atoms with van der Waals surface area (Å²) in [5.41, 5.74) is 0.376. The van der Waals surface area contributed by atoms with Crippen molar-refractivity contribution >= 4 is 5.91 Å². The second-order valence-corrected chi connectivity index (χ2v) is 6.96. The predicted molar refractivity (Wildman–Crippen MR) is 95.9 cm³/mol. The van der Waals surface area contributed by atoms with Crippen molar-refractivity contribution in [2.75, 3.05) is 26.3 Å². The van der Waals surface area contributed by atoms with Crippen LogP contribution in [0.2, 0.25) is 0 Å². The Bertz CT molecular complexity index is 740. The van der Waals surface area contributed by atoms with Gasteiger partial charge in [-0.25, -0.2) is 0 Å². The van der Waals surface area contributed by atoms with Crippen molar-refractivity contribution in [2.24, 2.45) is 5.92 Å². The first-order valence-corrected chi connectivity index (χ1v) is 9.13. The first-order chi connectivity index (χ1) is 12.8. The van der Waals surface area contributed by atoms with E-state index in [4.69, 9.17) is 9.47 Å². The van der Waals surface area contributed by atoms with Gasteiger partial charge in [-0.2, -0.15) is 0 Å². The van der Waals surface area contributed by atoms with Gasteiger partial charge in [0.1, 0.15) is 5.75 Å². The molecule has 0 radical (unpaired) electrons. The van der Waals surface area contributed by atoms with Crippen LogP contribution >= 0.6 is 0 Å². The number of morpholine rings is 1. The summed E-state index contributed by atoms with van der Waals surface area (Å²) in [7, 11) is 0. The molecule has 6 heteroatoms. The number of hydrogen-bond donors (Lipinski definition) is 0. The number of nitrogens with zero attached hydrogens (tertiary/aromatic N) is 3. The number of rotatable bonds is 4. The molecule has 0 N–H and O–H groups in total. The van der Waals surface area contributed by atoms with Crippen LogP contribution < -0.4 is 4.74 Å². The second kappa shape index (κ2) is 7.41. The van der Waals surface area contributed by atoms with Crippen LogP contribution in [0.4, 0.5) is 0 Å². The molecule has 26 heavy (non-hydrogen) atoms. The van der Waals surface area contributed by atoms with E-state index in [0.29, 0.717) is 31.9 Å². The molecular weight excluding hydrogens is 330 g/mol. The topological polar surface area (TPSA) is 64.6 Å². The molecule has 6 nitrogen and oxygen atoms in total. The van der Waals surface area contributed by atoms with E-state index in [1.54, 1.807) is 36.9 Å². The van der Waals surface area contributed by atoms with Gasteiger partial charge < -0.3 is 14.4 Å². The summed E-state index contributed by atoms with van der Waals surface area (Å²) >= 11 is 0. The molecule has 136 valence electrons. The molecule has 2 atom stereocenters. The standard InChI is InChI=1S/C20H23N3O3/c24-19(16-5-9-21-10-6-16)23-11-12-26-20(15-23)7-1-3-17(20)14-25-18-4-2-8-22-13-18/h2,4-6,8-10,13,17H,1,3,7,11-12,14-15H2/t17-,20+/m0/s1. The van der Waals surface area contributed by atoms with Crippen molar-refractivity contribution in [2.45, 2.75) is 24.9 Å². The van der Waals surface area contributed by atoms with Crippen LogP contribution in [0.15, 0.2) is 49.1 Å². The number of ether oxygens (including phenoxy) is 2. The molecule has 2 fully saturated rings. The molecule has 1 spiro atoms. The van der Waals surface area contributed by atoms with Crippen LogP contribution in [0.5, 0.6) is 5.75 Å². The van der Waals surface area contributed by atoms with E-state index in [1.165, 1.54) is 0 Å². The number of pyridine rings is 2. The lowest BCUT2D eigenvalue weighted by Gasteiger charge is -2.44. The Morgan fingerprint density at radius 3 is 2.96 bits per heavy atom. The predicted octanol–water partition coefficient (Wildman–Crippen LogP) is 2.57. The minimum Gasteiger partial charge on any atom is -0.492 e. The monoisotopic (exact) mass is 353 g/mol. The zero-order valence-corrected chi connectivity index (χ0v) is 14.7. The highest BCUT2D eigenvalue weighted by atomic mass is 16.5. The average molecular weight is 353 g/mol. The Labute approximate surface area is 153 Å². The summed E-state index contributed by atoms with van der Waals surface area (Å²) in [5, 5.41) is 0. The number of amides is 1. The number of carbonyl (C=O) groups excluding carboxylic acids is 1. The third-order valence-corrected chi connectivity index (χ3v) is 5.41. The van der Waals surface area contributed by atoms with Crippen molar-refractivity contribution in [1.29, 1.82) is 0 Å². The lowest BCUT2D eigenvalue weighted by atomic mass is 9.89. The normalized spacial score (nSPS) is 25.4. The SMILES string of the molecule is O=C(c1ccncc1)N1CCO[C@]2(CCC[C@H]2COc2cccnc2)C1. The van der Waals surface area contributed by atoms with Crippen molar-refractivity contribution in [3.8, 4) is 5.75 Å². The number of carbonyl (C=O) groups is 1. The van der Waals surface area contributed by atoms with Crippen molar-refractivity contribution in [3.63, 3.8) is 0 Å². The van der Waals surface area contributed by atoms with Gasteiger partial charge in [-0.1, -0.05) is 0 Å². The third-order valence-electron chi connectivity index (χ3n) is 5.41. The zero-order chi connectivity index (χ0) is 17.8. The van der Waals surface area contributed by atoms with Crippen molar-refractivity contribution in [1.82, 2.24) is 14.9 Å². The van der Waals surface area contributed by atoms with E-state index in [9.17, 15) is 4.79 Å². The molecule has 1 aliphatic carbocycles. The Morgan fingerprint density at radius 2 is 2.15 bits per heavy atom. The van der Waals surface area contributed by atoms with E-state index in [2.05, 4.69) is 9.97 Å². The summed E-state index contributed by atoms with van der Waals surface area (Å²) < 4.78 is 12.2. The first kappa shape index (κ1) is 17.0. The molecule has 1 aliphatic heterocycles. The Kier molecular flexibility index (Phi) is 4.84. The lowest BCUT2D eigenvalue weighted by Crippen LogP contribution is -2.56. The van der Waals surface area contributed by atoms with Gasteiger partial charge in [-0.3, -0.25) is 14.8 Å². The van der Waals surface area contributed by atoms with E-state index < -0.39 is 0 Å². The molecule has 3 heterocycles. The molecular formula is C20H23N3O3. The van der Waals surface area contributed by atoms with Crippen LogP contribution in [0.1, 0.15) is 29.6 Å². The fourth-order valence-corrected chi connectivity index (χ4v) is 4.03. The highest BCUT2D eigenvalue weighted by Crippen LogP contribution is 2.41. The first-order valence-electron chi connectivity index (χ1n) is 9.13. The van der Waals surface area contributed by atoms with E-state index in [1.807, 2.05) is 17.0 Å². The minimum atomic E-state index is -0.302. The molecule has 0 aromatic carbocycles. The number of aromatic nitrogens is 2. The van der Waals surface area contributed by atoms with Crippen LogP contribution in [0.3, 0.4) is 0 Å². The quantitative estimate of drug-likeness (QED) is 0.845. The van der Waals surface area contributed by atoms with Gasteiger partial charge in [0.2, 0.25) is 0 Å². The summed E-state index contributed by atoms with van der Waals surface area (Å²) in [5.74, 6) is 1.10. The van der Waals surface area contributed by atoms with Crippen LogP contribution in [-0.2, 0) is 4.74 Å². The third kappa shape index (κ3) is 3.42. The largest absolute Gasteiger partial charge is 0.492 e. The van der Waals surface area contributed by atoms with Gasteiger partial charge in [0, 0.05) is 36.6 Å². The smallest absolute Gasteiger partial charge is 0.254 e. The van der Waals surface area contributed by atoms with Crippen molar-refractivity contribution < 1.29 is 14.3 Å². The lowest BCUT2D eigenvalue weighted by molar-refractivity contribution is -0.126. The number of hydrogen-bond acceptors (Lipinski definition) is 5. The average Bonchev–Trinajstić information content (AvgIpc) is 3.08. The molecule has 0 bridgehead atoms. The molecule has 1 saturated carbocycles. The maximum absolute atomic E-state index is 12.8. The van der Waals surface area contributed by atoms with Gasteiger partial charge in [0.05, 0.1) is 31.6 Å². The van der Waals surface area contributed by atoms with Gasteiger partial charge in [-0.05, 0) is 43.5 Å². The van der Waals surface area contributed by atoms with Crippen LogP contribution in [0, 0.1) is 5.92 Å². The summed E-state index contributed by atoms with van der Waals surface area (Å²) in [4.78, 5) is 22.8. The van der Waals surface area contributed by atoms with Gasteiger partial charge in [-0.15, -0.1) is 0 Å². The highest BCUT2D eigenvalue weighted by Gasteiger charge is 2.48. The summed E-state index contributed by atoms with van der Waals surface area (Å²) in [6.45, 7) is 2.40. The summed E-state index contributed by atoms with van der Waals surface area (Å²) in [6, 6.07) is 7.31. The van der Waals surface area contributed by atoms with Gasteiger partial charge in [0.25, 0.3) is 5.91 Å². The Balaban J connectivity index is 1.45. The fourth-order valence-electron chi connectivity index (χ4n) is 4.03. The Hall–Kier alpha value is -2.47. The maximum Gasteiger partial charge on any atom is 0.254 e. The molecule has 1 saturated heterocycles. The molecule has 2 aliphatic rings. The summed E-state index contributed by atoms with van der Waals surface area (Å²) in [6.07, 6.45) is 9.89. The van der Waals surface area contributed by atoms with Crippen molar-refractivity contribution in [3.05, 3.63) is 54.6 Å². The van der Waals surface area contributed by atoms with E-state index in [-0.39, 0.29) is 17.4 Å². The van der Waals surface area contributed by atoms with Gasteiger partial charge in [0.15, 0.2) is 0 Å². The van der Waals surface area contributed by atoms with Crippen LogP contribution in [0.25, 0.3) is 0 Å². The molecule has 2 aromatic rings. The van der Waals surface area contributed by atoms with Crippen LogP contribution in [-0.4, -0.2) is 52.7 Å². The van der Waals surface area contributed by atoms with Gasteiger partial charge >= 0.3 is 0 Å². The minimum absolute atomic E-state index is 0.0499. The maximum atomic E-state index is 12.8. The van der Waals surface area contributed by atoms with E-state index in [0.717, 1.165) is 25.0 Å². The molecule has 1 amide bonds. The van der Waals surface area contributed by atoms with E-state index >= 15 is 0 Å². The molecule has 4 rings (SSSR count). The Morgan fingerprint density at radius 1 is 1.27 bits per heavy atom. The highest BCUT2D eigenvalue weighted by molar-refractivity contribution is 5.94.